The van der Waals surface area contributed by atoms with Crippen LogP contribution in [0.1, 0.15) is 21.5 Å². The molecule has 0 aliphatic heterocycles. The maximum absolute atomic E-state index is 13.9. The van der Waals surface area contributed by atoms with Gasteiger partial charge in [-0.2, -0.15) is 0 Å². The van der Waals surface area contributed by atoms with Gasteiger partial charge >= 0.3 is 5.97 Å². The van der Waals surface area contributed by atoms with E-state index in [-0.39, 0.29) is 17.2 Å². The van der Waals surface area contributed by atoms with Crippen LogP contribution in [-0.4, -0.2) is 19.3 Å². The number of hydrogen-bond acceptors (Lipinski definition) is 5. The van der Waals surface area contributed by atoms with Crippen LogP contribution >= 0.6 is 23.2 Å². The number of nitrogens with zero attached hydrogens (tertiary/aromatic N) is 1. The molecule has 0 bridgehead atoms. The van der Waals surface area contributed by atoms with Crippen molar-refractivity contribution in [2.24, 2.45) is 5.16 Å². The third-order valence-corrected chi connectivity index (χ3v) is 4.64. The maximum Gasteiger partial charge on any atom is 0.365 e. The maximum atomic E-state index is 13.9. The number of ether oxygens (including phenoxy) is 2. The van der Waals surface area contributed by atoms with E-state index >= 15 is 0 Å². The average Bonchev–Trinajstić information content (AvgIpc) is 2.74. The van der Waals surface area contributed by atoms with Gasteiger partial charge in [0.25, 0.3) is 0 Å². The standard InChI is InChI=1S/C22H16Cl2FNO4/c1-28-21-11-14(12-26-30-22(27)15-6-8-16(23)9-7-15)5-10-20(21)29-13-17-18(24)3-2-4-19(17)25/h2-12H,13H2,1H3/b26-12-. The molecule has 8 heteroatoms. The van der Waals surface area contributed by atoms with Crippen molar-refractivity contribution in [3.63, 3.8) is 0 Å². The molecular formula is C22H16Cl2FNO4. The Morgan fingerprint density at radius 3 is 2.53 bits per heavy atom. The van der Waals surface area contributed by atoms with Crippen molar-refractivity contribution in [3.8, 4) is 11.5 Å². The molecule has 0 spiro atoms. The van der Waals surface area contributed by atoms with Crippen LogP contribution < -0.4 is 9.47 Å². The van der Waals surface area contributed by atoms with Gasteiger partial charge in [-0.05, 0) is 54.6 Å². The smallest absolute Gasteiger partial charge is 0.365 e. The zero-order chi connectivity index (χ0) is 21.5. The van der Waals surface area contributed by atoms with Gasteiger partial charge in [0.2, 0.25) is 0 Å². The molecule has 5 nitrogen and oxygen atoms in total. The lowest BCUT2D eigenvalue weighted by Crippen LogP contribution is -2.02. The van der Waals surface area contributed by atoms with Crippen molar-refractivity contribution in [2.75, 3.05) is 7.11 Å². The molecule has 0 saturated carbocycles. The summed E-state index contributed by atoms with van der Waals surface area (Å²) < 4.78 is 24.8. The number of hydrogen-bond donors (Lipinski definition) is 0. The number of oxime groups is 1. The molecule has 0 amide bonds. The Hall–Kier alpha value is -3.09. The van der Waals surface area contributed by atoms with Gasteiger partial charge in [-0.25, -0.2) is 9.18 Å². The summed E-state index contributed by atoms with van der Waals surface area (Å²) in [6, 6.07) is 15.6. The van der Waals surface area contributed by atoms with E-state index in [4.69, 9.17) is 37.5 Å². The second-order valence-electron chi connectivity index (χ2n) is 6.02. The Kier molecular flexibility index (Phi) is 7.27. The summed E-state index contributed by atoms with van der Waals surface area (Å²) in [7, 11) is 1.47. The normalized spacial score (nSPS) is 10.8. The van der Waals surface area contributed by atoms with Gasteiger partial charge in [0, 0.05) is 16.1 Å². The van der Waals surface area contributed by atoms with Crippen LogP contribution in [0.15, 0.2) is 65.8 Å². The summed E-state index contributed by atoms with van der Waals surface area (Å²) in [5.74, 6) is -0.271. The zero-order valence-corrected chi connectivity index (χ0v) is 17.3. The highest BCUT2D eigenvalue weighted by Gasteiger charge is 2.11. The minimum atomic E-state index is -0.614. The van der Waals surface area contributed by atoms with Gasteiger partial charge in [0.05, 0.1) is 23.9 Å². The molecule has 30 heavy (non-hydrogen) atoms. The first-order valence-electron chi connectivity index (χ1n) is 8.72. The lowest BCUT2D eigenvalue weighted by Gasteiger charge is -2.12. The van der Waals surface area contributed by atoms with Crippen LogP contribution in [0.5, 0.6) is 11.5 Å². The molecule has 0 atom stereocenters. The largest absolute Gasteiger partial charge is 0.493 e. The van der Waals surface area contributed by atoms with Crippen molar-refractivity contribution < 1.29 is 23.5 Å². The fourth-order valence-corrected chi connectivity index (χ4v) is 2.82. The molecular weight excluding hydrogens is 432 g/mol. The summed E-state index contributed by atoms with van der Waals surface area (Å²) in [5.41, 5.74) is 1.18. The molecule has 154 valence electrons. The first-order valence-corrected chi connectivity index (χ1v) is 9.47. The van der Waals surface area contributed by atoms with E-state index in [0.29, 0.717) is 27.6 Å². The molecule has 0 N–H and O–H groups in total. The quantitative estimate of drug-likeness (QED) is 0.256. The SMILES string of the molecule is COc1cc(/C=N\OC(=O)c2ccc(Cl)cc2)ccc1OCc1c(F)cccc1Cl. The second kappa shape index (κ2) is 10.1. The fraction of sp³-hybridized carbons (Fsp3) is 0.0909. The zero-order valence-electron chi connectivity index (χ0n) is 15.8. The highest BCUT2D eigenvalue weighted by molar-refractivity contribution is 6.31. The monoisotopic (exact) mass is 447 g/mol. The lowest BCUT2D eigenvalue weighted by molar-refractivity contribution is 0.0519. The van der Waals surface area contributed by atoms with E-state index in [9.17, 15) is 9.18 Å². The van der Waals surface area contributed by atoms with Crippen molar-refractivity contribution in [1.82, 2.24) is 0 Å². The minimum absolute atomic E-state index is 0.0615. The highest BCUT2D eigenvalue weighted by atomic mass is 35.5. The number of halogens is 3. The number of carbonyl (C=O) groups is 1. The topological polar surface area (TPSA) is 57.1 Å². The van der Waals surface area contributed by atoms with Crippen molar-refractivity contribution >= 4 is 35.4 Å². The van der Waals surface area contributed by atoms with Crippen LogP contribution in [-0.2, 0) is 11.4 Å². The first-order chi connectivity index (χ1) is 14.5. The molecule has 0 saturated heterocycles. The Morgan fingerprint density at radius 2 is 1.83 bits per heavy atom. The molecule has 3 aromatic carbocycles. The fourth-order valence-electron chi connectivity index (χ4n) is 2.48. The van der Waals surface area contributed by atoms with Gasteiger partial charge in [0.1, 0.15) is 12.4 Å². The van der Waals surface area contributed by atoms with Gasteiger partial charge in [-0.3, -0.25) is 0 Å². The molecule has 0 unspecified atom stereocenters. The molecule has 0 radical (unpaired) electrons. The number of rotatable bonds is 7. The van der Waals surface area contributed by atoms with Crippen molar-refractivity contribution in [3.05, 3.63) is 93.2 Å². The predicted molar refractivity (Wildman–Crippen MR) is 113 cm³/mol. The van der Waals surface area contributed by atoms with Crippen molar-refractivity contribution in [2.45, 2.75) is 6.61 Å². The van der Waals surface area contributed by atoms with E-state index in [1.807, 2.05) is 0 Å². The summed E-state index contributed by atoms with van der Waals surface area (Å²) in [5, 5.41) is 4.48. The summed E-state index contributed by atoms with van der Waals surface area (Å²) in [6.45, 7) is -0.0615. The summed E-state index contributed by atoms with van der Waals surface area (Å²) >= 11 is 11.8. The Labute approximate surface area is 182 Å². The van der Waals surface area contributed by atoms with Gasteiger partial charge in [-0.15, -0.1) is 0 Å². The molecule has 0 aliphatic carbocycles. The Bertz CT molecular complexity index is 1050. The summed E-state index contributed by atoms with van der Waals surface area (Å²) in [4.78, 5) is 16.8. The molecule has 3 aromatic rings. The van der Waals surface area contributed by atoms with Crippen LogP contribution in [0.4, 0.5) is 4.39 Å². The predicted octanol–water partition coefficient (Wildman–Crippen LogP) is 5.91. The number of methoxy groups -OCH3 is 1. The van der Waals surface area contributed by atoms with E-state index < -0.39 is 11.8 Å². The van der Waals surface area contributed by atoms with Gasteiger partial charge in [0.15, 0.2) is 11.5 Å². The van der Waals surface area contributed by atoms with Gasteiger partial charge < -0.3 is 14.3 Å². The van der Waals surface area contributed by atoms with Crippen LogP contribution in [0.2, 0.25) is 10.0 Å². The molecule has 0 aromatic heterocycles. The third-order valence-electron chi connectivity index (χ3n) is 4.04. The van der Waals surface area contributed by atoms with E-state index in [0.717, 1.165) is 0 Å². The van der Waals surface area contributed by atoms with E-state index in [1.165, 1.54) is 37.6 Å². The molecule has 0 fully saturated rings. The average molecular weight is 448 g/mol. The first kappa shape index (κ1) is 21.6. The van der Waals surface area contributed by atoms with Crippen LogP contribution in [0.3, 0.4) is 0 Å². The third kappa shape index (κ3) is 5.49. The van der Waals surface area contributed by atoms with Crippen LogP contribution in [0, 0.1) is 5.82 Å². The lowest BCUT2D eigenvalue weighted by atomic mass is 10.2. The Morgan fingerprint density at radius 1 is 1.07 bits per heavy atom. The highest BCUT2D eigenvalue weighted by Crippen LogP contribution is 2.29. The van der Waals surface area contributed by atoms with E-state index in [2.05, 4.69) is 5.16 Å². The number of carbonyl (C=O) groups excluding carboxylic acids is 1. The number of benzene rings is 3. The molecule has 0 aliphatic rings. The Balaban J connectivity index is 1.65. The van der Waals surface area contributed by atoms with Crippen LogP contribution in [0.25, 0.3) is 0 Å². The molecule has 3 rings (SSSR count). The summed E-state index contributed by atoms with van der Waals surface area (Å²) in [6.07, 6.45) is 1.36. The van der Waals surface area contributed by atoms with E-state index in [1.54, 1.807) is 36.4 Å². The minimum Gasteiger partial charge on any atom is -0.493 e. The van der Waals surface area contributed by atoms with Gasteiger partial charge in [-0.1, -0.05) is 34.4 Å². The second-order valence-corrected chi connectivity index (χ2v) is 6.86. The molecule has 0 heterocycles. The van der Waals surface area contributed by atoms with Crippen molar-refractivity contribution in [1.29, 1.82) is 0 Å².